The number of rotatable bonds is 6. The molecule has 0 saturated carbocycles. The number of carbonyl (C=O) groups excluding carboxylic acids is 1. The maximum Gasteiger partial charge on any atom is 0.416 e. The van der Waals surface area contributed by atoms with Crippen LogP contribution in [0.1, 0.15) is 23.6 Å². The molecule has 0 aromatic heterocycles. The van der Waals surface area contributed by atoms with Gasteiger partial charge in [-0.15, -0.1) is 0 Å². The lowest BCUT2D eigenvalue weighted by Gasteiger charge is -2.14. The van der Waals surface area contributed by atoms with Crippen molar-refractivity contribution in [3.63, 3.8) is 0 Å². The topological polar surface area (TPSA) is 72.5 Å². The Labute approximate surface area is 160 Å². The Morgan fingerprint density at radius 2 is 1.79 bits per heavy atom. The summed E-state index contributed by atoms with van der Waals surface area (Å²) in [7, 11) is -4.14. The van der Waals surface area contributed by atoms with Crippen molar-refractivity contribution in [3.8, 4) is 0 Å². The van der Waals surface area contributed by atoms with Gasteiger partial charge in [0.15, 0.2) is 0 Å². The lowest BCUT2D eigenvalue weighted by molar-refractivity contribution is -0.138. The zero-order valence-electron chi connectivity index (χ0n) is 15.1. The molecule has 2 aromatic rings. The number of nitrogens with one attached hydrogen (secondary N) is 1. The van der Waals surface area contributed by atoms with Gasteiger partial charge in [0.2, 0.25) is 0 Å². The average molecular weight is 413 g/mol. The predicted molar refractivity (Wildman–Crippen MR) is 97.6 cm³/mol. The number of hydrogen-bond acceptors (Lipinski definition) is 4. The summed E-state index contributed by atoms with van der Waals surface area (Å²) in [5.41, 5.74) is -0.600. The largest absolute Gasteiger partial charge is 0.463 e. The fourth-order valence-corrected chi connectivity index (χ4v) is 3.34. The van der Waals surface area contributed by atoms with Crippen LogP contribution in [0, 0.1) is 6.92 Å². The first-order valence-corrected chi connectivity index (χ1v) is 9.67. The van der Waals surface area contributed by atoms with Gasteiger partial charge in [-0.3, -0.25) is 4.72 Å². The normalized spacial score (nSPS) is 12.5. The summed E-state index contributed by atoms with van der Waals surface area (Å²) in [5, 5.41) is 0. The SMILES string of the molecule is CCOC(=O)/C=C(\NS(=O)(=O)c1ccc(C)cc1)c1cccc(C(F)(F)F)c1. The second-order valence-electron chi connectivity index (χ2n) is 5.81. The average Bonchev–Trinajstić information content (AvgIpc) is 2.61. The molecule has 0 atom stereocenters. The molecule has 0 fully saturated rings. The number of halogens is 3. The van der Waals surface area contributed by atoms with Crippen molar-refractivity contribution in [2.75, 3.05) is 6.61 Å². The van der Waals surface area contributed by atoms with Crippen LogP contribution in [0.2, 0.25) is 0 Å². The summed E-state index contributed by atoms with van der Waals surface area (Å²) < 4.78 is 71.2. The minimum absolute atomic E-state index is 0.0237. The van der Waals surface area contributed by atoms with Crippen molar-refractivity contribution >= 4 is 21.7 Å². The monoisotopic (exact) mass is 413 g/mol. The van der Waals surface area contributed by atoms with E-state index in [2.05, 4.69) is 4.72 Å². The molecule has 9 heteroatoms. The lowest BCUT2D eigenvalue weighted by Crippen LogP contribution is -2.23. The van der Waals surface area contributed by atoms with Crippen molar-refractivity contribution < 1.29 is 31.1 Å². The molecule has 0 heterocycles. The highest BCUT2D eigenvalue weighted by atomic mass is 32.2. The number of esters is 1. The number of carbonyl (C=O) groups is 1. The highest BCUT2D eigenvalue weighted by molar-refractivity contribution is 7.89. The lowest BCUT2D eigenvalue weighted by atomic mass is 10.1. The maximum absolute atomic E-state index is 13.0. The van der Waals surface area contributed by atoms with E-state index in [1.165, 1.54) is 18.2 Å². The van der Waals surface area contributed by atoms with Gasteiger partial charge in [0.25, 0.3) is 10.0 Å². The number of alkyl halides is 3. The third kappa shape index (κ3) is 5.59. The number of aryl methyl sites for hydroxylation is 1. The molecule has 28 heavy (non-hydrogen) atoms. The first-order valence-electron chi connectivity index (χ1n) is 8.18. The van der Waals surface area contributed by atoms with Gasteiger partial charge in [-0.1, -0.05) is 29.8 Å². The molecule has 0 aliphatic carbocycles. The maximum atomic E-state index is 13.0. The molecule has 2 rings (SSSR count). The van der Waals surface area contributed by atoms with Crippen molar-refractivity contribution in [1.29, 1.82) is 0 Å². The number of benzene rings is 2. The predicted octanol–water partition coefficient (Wildman–Crippen LogP) is 3.90. The Morgan fingerprint density at radius 3 is 2.36 bits per heavy atom. The van der Waals surface area contributed by atoms with Crippen LogP contribution in [0.25, 0.3) is 5.70 Å². The Morgan fingerprint density at radius 1 is 1.14 bits per heavy atom. The molecule has 2 aromatic carbocycles. The molecule has 0 amide bonds. The molecule has 0 unspecified atom stereocenters. The van der Waals surface area contributed by atoms with Gasteiger partial charge in [-0.05, 0) is 43.7 Å². The van der Waals surface area contributed by atoms with Gasteiger partial charge in [-0.2, -0.15) is 13.2 Å². The summed E-state index contributed by atoms with van der Waals surface area (Å²) >= 11 is 0. The number of ether oxygens (including phenoxy) is 1. The van der Waals surface area contributed by atoms with E-state index in [-0.39, 0.29) is 22.8 Å². The van der Waals surface area contributed by atoms with Gasteiger partial charge in [0.05, 0.1) is 22.8 Å². The van der Waals surface area contributed by atoms with Crippen LogP contribution < -0.4 is 4.72 Å². The summed E-state index contributed by atoms with van der Waals surface area (Å²) in [4.78, 5) is 11.7. The van der Waals surface area contributed by atoms with E-state index in [0.29, 0.717) is 0 Å². The molecule has 0 spiro atoms. The quantitative estimate of drug-likeness (QED) is 0.576. The molecular weight excluding hydrogens is 395 g/mol. The van der Waals surface area contributed by atoms with Crippen molar-refractivity contribution in [3.05, 3.63) is 71.3 Å². The van der Waals surface area contributed by atoms with Crippen molar-refractivity contribution in [1.82, 2.24) is 4.72 Å². The van der Waals surface area contributed by atoms with Crippen LogP contribution in [0.5, 0.6) is 0 Å². The van der Waals surface area contributed by atoms with Crippen LogP contribution in [0.4, 0.5) is 13.2 Å². The molecule has 0 radical (unpaired) electrons. The summed E-state index contributed by atoms with van der Waals surface area (Å²) in [6, 6.07) is 9.84. The Hall–Kier alpha value is -2.81. The van der Waals surface area contributed by atoms with Crippen LogP contribution in [-0.4, -0.2) is 21.0 Å². The Balaban J connectivity index is 2.49. The smallest absolute Gasteiger partial charge is 0.416 e. The summed E-state index contributed by atoms with van der Waals surface area (Å²) in [6.45, 7) is 3.35. The standard InChI is InChI=1S/C19H18F3NO4S/c1-3-27-18(24)12-17(14-5-4-6-15(11-14)19(20,21)22)23-28(25,26)16-9-7-13(2)8-10-16/h4-12,23H,3H2,1-2H3/b17-12-. The van der Waals surface area contributed by atoms with E-state index in [1.54, 1.807) is 26.0 Å². The third-order valence-corrected chi connectivity index (χ3v) is 5.01. The Kier molecular flexibility index (Phi) is 6.50. The van der Waals surface area contributed by atoms with Crippen LogP contribution in [0.15, 0.2) is 59.5 Å². The first kappa shape index (κ1) is 21.5. The first-order chi connectivity index (χ1) is 13.0. The van der Waals surface area contributed by atoms with Crippen LogP contribution >= 0.6 is 0 Å². The molecule has 5 nitrogen and oxygen atoms in total. The molecule has 0 bridgehead atoms. The minimum atomic E-state index is -4.62. The van der Waals surface area contributed by atoms with Gasteiger partial charge in [0, 0.05) is 6.08 Å². The fraction of sp³-hybridized carbons (Fsp3) is 0.211. The van der Waals surface area contributed by atoms with Crippen molar-refractivity contribution in [2.45, 2.75) is 24.9 Å². The van der Waals surface area contributed by atoms with Crippen LogP contribution in [0.3, 0.4) is 0 Å². The highest BCUT2D eigenvalue weighted by Gasteiger charge is 2.31. The molecule has 0 saturated heterocycles. The van der Waals surface area contributed by atoms with E-state index in [0.717, 1.165) is 29.8 Å². The molecule has 1 N–H and O–H groups in total. The molecular formula is C19H18F3NO4S. The van der Waals surface area contributed by atoms with Gasteiger partial charge in [0.1, 0.15) is 0 Å². The minimum Gasteiger partial charge on any atom is -0.463 e. The number of sulfonamides is 1. The summed E-state index contributed by atoms with van der Waals surface area (Å²) in [5.74, 6) is -0.887. The summed E-state index contributed by atoms with van der Waals surface area (Å²) in [6.07, 6.45) is -3.81. The third-order valence-electron chi connectivity index (χ3n) is 3.63. The van der Waals surface area contributed by atoms with Crippen molar-refractivity contribution in [2.24, 2.45) is 0 Å². The fourth-order valence-electron chi connectivity index (χ4n) is 2.26. The highest BCUT2D eigenvalue weighted by Crippen LogP contribution is 2.31. The molecule has 0 aliphatic heterocycles. The number of hydrogen-bond donors (Lipinski definition) is 1. The molecule has 0 aliphatic rings. The second-order valence-corrected chi connectivity index (χ2v) is 7.49. The van der Waals surface area contributed by atoms with Gasteiger partial charge < -0.3 is 4.74 Å². The van der Waals surface area contributed by atoms with Gasteiger partial charge in [-0.25, -0.2) is 13.2 Å². The van der Waals surface area contributed by atoms with Crippen LogP contribution in [-0.2, 0) is 25.7 Å². The van der Waals surface area contributed by atoms with E-state index in [1.807, 2.05) is 0 Å². The zero-order chi connectivity index (χ0) is 20.9. The van der Waals surface area contributed by atoms with E-state index >= 15 is 0 Å². The Bertz CT molecular complexity index is 981. The van der Waals surface area contributed by atoms with Gasteiger partial charge >= 0.3 is 12.1 Å². The second kappa shape index (κ2) is 8.47. The van der Waals surface area contributed by atoms with E-state index in [9.17, 15) is 26.4 Å². The molecule has 150 valence electrons. The van der Waals surface area contributed by atoms with E-state index in [4.69, 9.17) is 4.74 Å². The zero-order valence-corrected chi connectivity index (χ0v) is 15.9. The van der Waals surface area contributed by atoms with E-state index < -0.39 is 27.7 Å².